The van der Waals surface area contributed by atoms with E-state index in [-0.39, 0.29) is 26.1 Å². The molecule has 0 aromatic rings. The first kappa shape index (κ1) is 29.0. The van der Waals surface area contributed by atoms with Gasteiger partial charge in [0.2, 0.25) is 0 Å². The maximum absolute atomic E-state index is 11.9. The normalized spacial score (nSPS) is 15.2. The fourth-order valence-electron chi connectivity index (χ4n) is 2.41. The fraction of sp³-hybridized carbons (Fsp3) is 0.900. The zero-order valence-corrected chi connectivity index (χ0v) is 19.4. The molecular formula is C20H39O9P. The van der Waals surface area contributed by atoms with Gasteiger partial charge in [-0.3, -0.25) is 18.6 Å². The van der Waals surface area contributed by atoms with E-state index >= 15 is 0 Å². The Balaban J connectivity index is 4.46. The highest BCUT2D eigenvalue weighted by Gasteiger charge is 2.26. The monoisotopic (exact) mass is 454 g/mol. The highest BCUT2D eigenvalue weighted by molar-refractivity contribution is 7.47. The van der Waals surface area contributed by atoms with Crippen molar-refractivity contribution in [3.8, 4) is 0 Å². The molecule has 0 heterocycles. The molecule has 2 N–H and O–H groups in total. The molecule has 0 aliphatic heterocycles. The molecule has 0 saturated carbocycles. The van der Waals surface area contributed by atoms with Gasteiger partial charge in [0.15, 0.2) is 6.10 Å². The second kappa shape index (κ2) is 17.7. The number of aliphatic hydroxyl groups is 1. The lowest BCUT2D eigenvalue weighted by Crippen LogP contribution is -2.29. The van der Waals surface area contributed by atoms with E-state index in [4.69, 9.17) is 19.1 Å². The van der Waals surface area contributed by atoms with Crippen molar-refractivity contribution in [3.05, 3.63) is 0 Å². The minimum atomic E-state index is -4.44. The smallest absolute Gasteiger partial charge is 0.462 e. The van der Waals surface area contributed by atoms with Crippen LogP contribution in [0.5, 0.6) is 0 Å². The minimum Gasteiger partial charge on any atom is -0.462 e. The van der Waals surface area contributed by atoms with E-state index in [9.17, 15) is 19.0 Å². The van der Waals surface area contributed by atoms with Gasteiger partial charge >= 0.3 is 19.8 Å². The summed E-state index contributed by atoms with van der Waals surface area (Å²) in [5.41, 5.74) is 0. The third-order valence-electron chi connectivity index (χ3n) is 4.10. The Morgan fingerprint density at radius 1 is 0.833 bits per heavy atom. The van der Waals surface area contributed by atoms with Crippen LogP contribution in [0.1, 0.15) is 85.0 Å². The SMILES string of the molecule is CCCCCCCCC(=O)OC[C@H](COP(=O)(O)OC[C@H](C)O)OC(=O)CCCC. The van der Waals surface area contributed by atoms with E-state index in [1.165, 1.54) is 13.3 Å². The van der Waals surface area contributed by atoms with Crippen LogP contribution in [-0.2, 0) is 32.7 Å². The van der Waals surface area contributed by atoms with Crippen molar-refractivity contribution >= 4 is 19.8 Å². The predicted molar refractivity (Wildman–Crippen MR) is 112 cm³/mol. The van der Waals surface area contributed by atoms with Crippen LogP contribution in [0.2, 0.25) is 0 Å². The highest BCUT2D eigenvalue weighted by Crippen LogP contribution is 2.43. The molecule has 0 amide bonds. The maximum Gasteiger partial charge on any atom is 0.472 e. The second-order valence-corrected chi connectivity index (χ2v) is 8.78. The minimum absolute atomic E-state index is 0.189. The molecule has 0 rings (SSSR count). The molecule has 0 spiro atoms. The number of hydrogen-bond acceptors (Lipinski definition) is 8. The van der Waals surface area contributed by atoms with Crippen molar-refractivity contribution in [3.63, 3.8) is 0 Å². The van der Waals surface area contributed by atoms with Crippen molar-refractivity contribution in [1.82, 2.24) is 0 Å². The average molecular weight is 454 g/mol. The molecule has 178 valence electrons. The Hall–Kier alpha value is -0.990. The maximum atomic E-state index is 11.9. The van der Waals surface area contributed by atoms with Gasteiger partial charge in [-0.2, -0.15) is 0 Å². The zero-order chi connectivity index (χ0) is 22.8. The molecule has 0 aliphatic carbocycles. The molecule has 10 heteroatoms. The van der Waals surface area contributed by atoms with Crippen LogP contribution >= 0.6 is 7.82 Å². The molecule has 0 fully saturated rings. The third-order valence-corrected chi connectivity index (χ3v) is 5.05. The van der Waals surface area contributed by atoms with E-state index in [0.29, 0.717) is 6.42 Å². The van der Waals surface area contributed by atoms with Crippen molar-refractivity contribution in [2.75, 3.05) is 19.8 Å². The summed E-state index contributed by atoms with van der Waals surface area (Å²) in [6.07, 6.45) is 6.16. The first-order valence-corrected chi connectivity index (χ1v) is 12.3. The number of aliphatic hydroxyl groups excluding tert-OH is 1. The van der Waals surface area contributed by atoms with E-state index in [2.05, 4.69) is 11.4 Å². The van der Waals surface area contributed by atoms with Crippen LogP contribution in [0.4, 0.5) is 0 Å². The number of carbonyl (C=O) groups excluding carboxylic acids is 2. The molecule has 0 saturated heterocycles. The zero-order valence-electron chi connectivity index (χ0n) is 18.5. The average Bonchev–Trinajstić information content (AvgIpc) is 2.69. The van der Waals surface area contributed by atoms with Crippen molar-refractivity contribution < 1.29 is 42.7 Å². The largest absolute Gasteiger partial charge is 0.472 e. The quantitative estimate of drug-likeness (QED) is 0.170. The van der Waals surface area contributed by atoms with E-state index in [1.807, 2.05) is 6.92 Å². The van der Waals surface area contributed by atoms with Crippen molar-refractivity contribution in [2.45, 2.75) is 97.2 Å². The summed E-state index contributed by atoms with van der Waals surface area (Å²) in [4.78, 5) is 33.4. The molecule has 30 heavy (non-hydrogen) atoms. The van der Waals surface area contributed by atoms with Crippen LogP contribution in [-0.4, -0.2) is 54.0 Å². The second-order valence-electron chi connectivity index (χ2n) is 7.33. The number of phosphoric ester groups is 1. The topological polar surface area (TPSA) is 129 Å². The van der Waals surface area contributed by atoms with Crippen LogP contribution in [0, 0.1) is 0 Å². The number of hydrogen-bond donors (Lipinski definition) is 2. The predicted octanol–water partition coefficient (Wildman–Crippen LogP) is 3.90. The molecule has 0 bridgehead atoms. The van der Waals surface area contributed by atoms with E-state index in [1.54, 1.807) is 0 Å². The Morgan fingerprint density at radius 3 is 2.03 bits per heavy atom. The lowest BCUT2D eigenvalue weighted by atomic mass is 10.1. The molecule has 0 radical (unpaired) electrons. The summed E-state index contributed by atoms with van der Waals surface area (Å²) < 4.78 is 31.6. The van der Waals surface area contributed by atoms with Gasteiger partial charge in [-0.15, -0.1) is 0 Å². The van der Waals surface area contributed by atoms with Crippen LogP contribution < -0.4 is 0 Å². The van der Waals surface area contributed by atoms with Gasteiger partial charge in [-0.05, 0) is 19.8 Å². The van der Waals surface area contributed by atoms with Gasteiger partial charge in [-0.1, -0.05) is 52.4 Å². The summed E-state index contributed by atoms with van der Waals surface area (Å²) in [5.74, 6) is -0.923. The molecule has 1 unspecified atom stereocenters. The van der Waals surface area contributed by atoms with Gasteiger partial charge in [-0.25, -0.2) is 4.57 Å². The van der Waals surface area contributed by atoms with Gasteiger partial charge in [0.25, 0.3) is 0 Å². The van der Waals surface area contributed by atoms with Crippen molar-refractivity contribution in [2.24, 2.45) is 0 Å². The Kier molecular flexibility index (Phi) is 17.1. The van der Waals surface area contributed by atoms with Gasteiger partial charge in [0.1, 0.15) is 6.61 Å². The molecule has 0 aliphatic rings. The summed E-state index contributed by atoms with van der Waals surface area (Å²) in [7, 11) is -4.44. The number of carbonyl (C=O) groups is 2. The number of rotatable bonds is 19. The van der Waals surface area contributed by atoms with Crippen LogP contribution in [0.3, 0.4) is 0 Å². The Labute approximate surface area is 180 Å². The van der Waals surface area contributed by atoms with Crippen molar-refractivity contribution in [1.29, 1.82) is 0 Å². The van der Waals surface area contributed by atoms with E-state index in [0.717, 1.165) is 38.5 Å². The van der Waals surface area contributed by atoms with E-state index < -0.39 is 38.6 Å². The highest BCUT2D eigenvalue weighted by atomic mass is 31.2. The lowest BCUT2D eigenvalue weighted by Gasteiger charge is -2.20. The van der Waals surface area contributed by atoms with Gasteiger partial charge in [0.05, 0.1) is 19.3 Å². The lowest BCUT2D eigenvalue weighted by molar-refractivity contribution is -0.161. The molecular weight excluding hydrogens is 415 g/mol. The number of esters is 2. The summed E-state index contributed by atoms with van der Waals surface area (Å²) >= 11 is 0. The summed E-state index contributed by atoms with van der Waals surface area (Å²) in [5, 5.41) is 9.13. The fourth-order valence-corrected chi connectivity index (χ4v) is 3.24. The van der Waals surface area contributed by atoms with Gasteiger partial charge in [0, 0.05) is 12.8 Å². The first-order chi connectivity index (χ1) is 14.2. The third kappa shape index (κ3) is 17.8. The Bertz CT molecular complexity index is 511. The summed E-state index contributed by atoms with van der Waals surface area (Å²) in [6, 6.07) is 0. The van der Waals surface area contributed by atoms with Gasteiger partial charge < -0.3 is 19.5 Å². The molecule has 0 aromatic carbocycles. The molecule has 0 aromatic heterocycles. The standard InChI is InChI=1S/C20H39O9P/c1-4-6-8-9-10-11-13-19(22)26-15-18(29-20(23)12-7-5-2)16-28-30(24,25)27-14-17(3)21/h17-18,21H,4-16H2,1-3H3,(H,24,25)/t17-,18+/m0/s1. The molecule has 3 atom stereocenters. The van der Waals surface area contributed by atoms with Crippen LogP contribution in [0.25, 0.3) is 0 Å². The number of unbranched alkanes of at least 4 members (excludes halogenated alkanes) is 6. The summed E-state index contributed by atoms with van der Waals surface area (Å²) in [6.45, 7) is 4.32. The first-order valence-electron chi connectivity index (χ1n) is 10.8. The number of ether oxygens (including phenoxy) is 2. The molecule has 9 nitrogen and oxygen atoms in total. The number of phosphoric acid groups is 1. The Morgan fingerprint density at radius 2 is 1.40 bits per heavy atom. The van der Waals surface area contributed by atoms with Crippen LogP contribution in [0.15, 0.2) is 0 Å².